The molecule has 0 spiro atoms. The van der Waals surface area contributed by atoms with Gasteiger partial charge in [-0.05, 0) is 67.9 Å². The van der Waals surface area contributed by atoms with Gasteiger partial charge in [0.1, 0.15) is 0 Å². The molecule has 3 aromatic rings. The van der Waals surface area contributed by atoms with Crippen LogP contribution in [0.2, 0.25) is 5.02 Å². The molecule has 2 N–H and O–H groups in total. The quantitative estimate of drug-likeness (QED) is 0.344. The summed E-state index contributed by atoms with van der Waals surface area (Å²) < 4.78 is 5.02. The zero-order chi connectivity index (χ0) is 22.4. The van der Waals surface area contributed by atoms with Crippen LogP contribution in [0.5, 0.6) is 0 Å². The number of rotatable bonds is 6. The van der Waals surface area contributed by atoms with Gasteiger partial charge in [-0.15, -0.1) is 0 Å². The smallest absolute Gasteiger partial charge is 0.339 e. The van der Waals surface area contributed by atoms with Crippen LogP contribution in [0.4, 0.5) is 5.69 Å². The van der Waals surface area contributed by atoms with Crippen LogP contribution in [0.25, 0.3) is 0 Å². The molecule has 3 aromatic carbocycles. The number of esters is 1. The van der Waals surface area contributed by atoms with Crippen LogP contribution in [0.1, 0.15) is 45.6 Å². The van der Waals surface area contributed by atoms with Gasteiger partial charge in [-0.1, -0.05) is 65.7 Å². The van der Waals surface area contributed by atoms with Crippen molar-refractivity contribution in [3.05, 3.63) is 99.6 Å². The van der Waals surface area contributed by atoms with E-state index in [4.69, 9.17) is 28.6 Å². The van der Waals surface area contributed by atoms with Crippen molar-refractivity contribution in [2.24, 2.45) is 0 Å². The molecule has 160 valence electrons. The number of carbonyl (C=O) groups is 1. The zero-order valence-electron chi connectivity index (χ0n) is 17.7. The number of aryl methyl sites for hydroxylation is 2. The summed E-state index contributed by atoms with van der Waals surface area (Å²) in [6.45, 7) is 6.23. The lowest BCUT2D eigenvalue weighted by Crippen LogP contribution is -2.33. The normalized spacial score (nSPS) is 11.5. The largest absolute Gasteiger partial charge is 0.462 e. The zero-order valence-corrected chi connectivity index (χ0v) is 19.3. The molecule has 0 heterocycles. The van der Waals surface area contributed by atoms with Crippen LogP contribution in [-0.2, 0) is 4.74 Å². The fourth-order valence-electron chi connectivity index (χ4n) is 3.40. The second-order valence-corrected chi connectivity index (χ2v) is 8.03. The Balaban J connectivity index is 1.81. The molecule has 0 fully saturated rings. The van der Waals surface area contributed by atoms with Crippen molar-refractivity contribution < 1.29 is 9.53 Å². The third-order valence-electron chi connectivity index (χ3n) is 4.87. The Morgan fingerprint density at radius 1 is 1.06 bits per heavy atom. The van der Waals surface area contributed by atoms with Gasteiger partial charge < -0.3 is 15.4 Å². The molecule has 0 aliphatic carbocycles. The molecule has 0 amide bonds. The van der Waals surface area contributed by atoms with Crippen LogP contribution in [0.15, 0.2) is 66.7 Å². The van der Waals surface area contributed by atoms with Crippen LogP contribution in [0, 0.1) is 13.8 Å². The number of nitrogens with one attached hydrogen (secondary N) is 2. The molecule has 0 aromatic heterocycles. The van der Waals surface area contributed by atoms with Gasteiger partial charge >= 0.3 is 5.97 Å². The highest BCUT2D eigenvalue weighted by atomic mass is 35.5. The van der Waals surface area contributed by atoms with Crippen LogP contribution >= 0.6 is 23.8 Å². The van der Waals surface area contributed by atoms with Crippen molar-refractivity contribution in [2.75, 3.05) is 11.9 Å². The highest BCUT2D eigenvalue weighted by Crippen LogP contribution is 2.26. The summed E-state index contributed by atoms with van der Waals surface area (Å²) in [5.41, 5.74) is 5.66. The number of benzene rings is 3. The van der Waals surface area contributed by atoms with E-state index in [0.717, 1.165) is 11.1 Å². The minimum Gasteiger partial charge on any atom is -0.462 e. The predicted molar refractivity (Wildman–Crippen MR) is 131 cm³/mol. The van der Waals surface area contributed by atoms with E-state index in [2.05, 4.69) is 54.8 Å². The minimum absolute atomic E-state index is 0.115. The molecular weight excluding hydrogens is 428 g/mol. The maximum atomic E-state index is 11.9. The van der Waals surface area contributed by atoms with Crippen LogP contribution < -0.4 is 10.6 Å². The Morgan fingerprint density at radius 2 is 1.81 bits per heavy atom. The predicted octanol–water partition coefficient (Wildman–Crippen LogP) is 6.21. The number of halogens is 1. The number of ether oxygens (including phenoxy) is 1. The van der Waals surface area contributed by atoms with Crippen molar-refractivity contribution in [1.29, 1.82) is 0 Å². The summed E-state index contributed by atoms with van der Waals surface area (Å²) in [6.07, 6.45) is 0. The van der Waals surface area contributed by atoms with Crippen molar-refractivity contribution >= 4 is 40.6 Å². The van der Waals surface area contributed by atoms with E-state index < -0.39 is 5.97 Å². The number of hydrogen-bond acceptors (Lipinski definition) is 3. The minimum atomic E-state index is -0.446. The molecule has 0 aliphatic rings. The monoisotopic (exact) mass is 452 g/mol. The molecule has 3 rings (SSSR count). The van der Waals surface area contributed by atoms with E-state index in [-0.39, 0.29) is 6.04 Å². The van der Waals surface area contributed by atoms with Crippen molar-refractivity contribution in [3.63, 3.8) is 0 Å². The van der Waals surface area contributed by atoms with Gasteiger partial charge in [-0.2, -0.15) is 0 Å². The van der Waals surface area contributed by atoms with Crippen LogP contribution in [0.3, 0.4) is 0 Å². The lowest BCUT2D eigenvalue weighted by molar-refractivity contribution is 0.0526. The lowest BCUT2D eigenvalue weighted by Gasteiger charge is -2.24. The second kappa shape index (κ2) is 10.4. The standard InChI is InChI=1S/C25H25ClN2O2S/c1-4-30-24(29)21-13-11-19(15-22(21)26)27-25(31)28-23(18-8-6-5-7-9-18)20-12-10-16(2)14-17(20)3/h5-15,23H,4H2,1-3H3,(H2,27,28,31). The summed E-state index contributed by atoms with van der Waals surface area (Å²) in [5.74, 6) is -0.446. The first kappa shape index (κ1) is 22.8. The molecule has 4 nitrogen and oxygen atoms in total. The Hall–Kier alpha value is -2.89. The maximum absolute atomic E-state index is 11.9. The lowest BCUT2D eigenvalue weighted by atomic mass is 9.94. The Morgan fingerprint density at radius 3 is 2.45 bits per heavy atom. The Kier molecular flexibility index (Phi) is 7.66. The summed E-state index contributed by atoms with van der Waals surface area (Å²) >= 11 is 11.9. The molecule has 0 bridgehead atoms. The van der Waals surface area contributed by atoms with E-state index in [1.807, 2.05) is 18.2 Å². The summed E-state index contributed by atoms with van der Waals surface area (Å²) in [5, 5.41) is 7.34. The van der Waals surface area contributed by atoms with Crippen molar-refractivity contribution in [2.45, 2.75) is 26.8 Å². The van der Waals surface area contributed by atoms with Gasteiger partial charge in [-0.25, -0.2) is 4.79 Å². The van der Waals surface area contributed by atoms with E-state index >= 15 is 0 Å². The molecule has 0 radical (unpaired) electrons. The van der Waals surface area contributed by atoms with Crippen molar-refractivity contribution in [3.8, 4) is 0 Å². The first-order chi connectivity index (χ1) is 14.9. The van der Waals surface area contributed by atoms with E-state index in [1.165, 1.54) is 11.1 Å². The second-order valence-electron chi connectivity index (χ2n) is 7.22. The van der Waals surface area contributed by atoms with Gasteiger partial charge in [0.2, 0.25) is 0 Å². The molecule has 0 saturated heterocycles. The van der Waals surface area contributed by atoms with Gasteiger partial charge in [0.25, 0.3) is 0 Å². The van der Waals surface area contributed by atoms with E-state index in [0.29, 0.717) is 28.0 Å². The van der Waals surface area contributed by atoms with Gasteiger partial charge in [0.15, 0.2) is 5.11 Å². The number of thiocarbonyl (C=S) groups is 1. The average molecular weight is 453 g/mol. The highest BCUT2D eigenvalue weighted by Gasteiger charge is 2.18. The summed E-state index contributed by atoms with van der Waals surface area (Å²) in [7, 11) is 0. The summed E-state index contributed by atoms with van der Waals surface area (Å²) in [4.78, 5) is 11.9. The first-order valence-electron chi connectivity index (χ1n) is 10.0. The third-order valence-corrected chi connectivity index (χ3v) is 5.40. The number of anilines is 1. The third kappa shape index (κ3) is 5.84. The number of hydrogen-bond donors (Lipinski definition) is 2. The van der Waals surface area contributed by atoms with Gasteiger partial charge in [-0.3, -0.25) is 0 Å². The molecule has 6 heteroatoms. The van der Waals surface area contributed by atoms with E-state index in [9.17, 15) is 4.79 Å². The van der Waals surface area contributed by atoms with Gasteiger partial charge in [0, 0.05) is 5.69 Å². The van der Waals surface area contributed by atoms with Gasteiger partial charge in [0.05, 0.1) is 23.2 Å². The molecule has 1 unspecified atom stereocenters. The molecular formula is C25H25ClN2O2S. The molecule has 0 saturated carbocycles. The first-order valence-corrected chi connectivity index (χ1v) is 10.8. The number of carbonyl (C=O) groups excluding carboxylic acids is 1. The fourth-order valence-corrected chi connectivity index (χ4v) is 3.89. The summed E-state index contributed by atoms with van der Waals surface area (Å²) in [6, 6.07) is 21.5. The molecule has 1 atom stereocenters. The van der Waals surface area contributed by atoms with E-state index in [1.54, 1.807) is 25.1 Å². The Labute approximate surface area is 193 Å². The topological polar surface area (TPSA) is 50.4 Å². The highest BCUT2D eigenvalue weighted by molar-refractivity contribution is 7.80. The average Bonchev–Trinajstić information content (AvgIpc) is 2.73. The molecule has 31 heavy (non-hydrogen) atoms. The van der Waals surface area contributed by atoms with Crippen molar-refractivity contribution in [1.82, 2.24) is 5.32 Å². The fraction of sp³-hybridized carbons (Fsp3) is 0.200. The maximum Gasteiger partial charge on any atom is 0.339 e. The Bertz CT molecular complexity index is 1090. The van der Waals surface area contributed by atoms with Crippen LogP contribution in [-0.4, -0.2) is 17.7 Å². The SMILES string of the molecule is CCOC(=O)c1ccc(NC(=S)NC(c2ccccc2)c2ccc(C)cc2C)cc1Cl. The molecule has 0 aliphatic heterocycles.